The molecule has 0 radical (unpaired) electrons. The molecule has 1 aromatic heterocycles. The molecule has 0 unspecified atom stereocenters. The number of hydrogen-bond donors (Lipinski definition) is 1. The van der Waals surface area contributed by atoms with Crippen LogP contribution in [0, 0.1) is 13.8 Å². The molecule has 0 aliphatic heterocycles. The van der Waals surface area contributed by atoms with Gasteiger partial charge < -0.3 is 0 Å². The summed E-state index contributed by atoms with van der Waals surface area (Å²) in [4.78, 5) is 11.9. The van der Waals surface area contributed by atoms with Gasteiger partial charge in [-0.2, -0.15) is 10.2 Å². The van der Waals surface area contributed by atoms with Gasteiger partial charge in [-0.15, -0.1) is 11.8 Å². The first-order valence-corrected chi connectivity index (χ1v) is 9.64. The van der Waals surface area contributed by atoms with Gasteiger partial charge in [-0.25, -0.2) is 5.43 Å². The molecule has 0 aliphatic rings. The molecule has 0 fully saturated rings. The highest BCUT2D eigenvalue weighted by molar-refractivity contribution is 9.10. The highest BCUT2D eigenvalue weighted by Gasteiger charge is 2.08. The Morgan fingerprint density at radius 3 is 2.83 bits per heavy atom. The molecule has 2 rings (SSSR count). The van der Waals surface area contributed by atoms with Gasteiger partial charge in [0.2, 0.25) is 5.91 Å². The minimum atomic E-state index is -0.110. The van der Waals surface area contributed by atoms with Crippen molar-refractivity contribution in [2.45, 2.75) is 33.1 Å². The lowest BCUT2D eigenvalue weighted by Gasteiger charge is -2.03. The van der Waals surface area contributed by atoms with Crippen molar-refractivity contribution in [3.8, 4) is 0 Å². The van der Waals surface area contributed by atoms with Gasteiger partial charge in [-0.1, -0.05) is 34.1 Å². The van der Waals surface area contributed by atoms with Crippen LogP contribution in [0.25, 0.3) is 0 Å². The van der Waals surface area contributed by atoms with Crippen molar-refractivity contribution < 1.29 is 4.79 Å². The normalized spacial score (nSPS) is 11.2. The Labute approximate surface area is 155 Å². The lowest BCUT2D eigenvalue weighted by molar-refractivity contribution is -0.118. The van der Waals surface area contributed by atoms with E-state index in [0.717, 1.165) is 33.7 Å². The topological polar surface area (TPSA) is 59.3 Å². The Morgan fingerprint density at radius 2 is 2.17 bits per heavy atom. The highest BCUT2D eigenvalue weighted by Crippen LogP contribution is 2.21. The maximum Gasteiger partial charge on any atom is 0.250 e. The van der Waals surface area contributed by atoms with E-state index in [0.29, 0.717) is 5.75 Å². The van der Waals surface area contributed by atoms with E-state index in [1.54, 1.807) is 18.0 Å². The number of hydrogen-bond acceptors (Lipinski definition) is 4. The number of aryl methyl sites for hydroxylation is 2. The second-order valence-electron chi connectivity index (χ2n) is 5.28. The van der Waals surface area contributed by atoms with Crippen LogP contribution in [0.3, 0.4) is 0 Å². The number of aromatic nitrogens is 2. The summed E-state index contributed by atoms with van der Waals surface area (Å²) >= 11 is 5.06. The summed E-state index contributed by atoms with van der Waals surface area (Å²) in [7, 11) is 0. The number of rotatable bonds is 7. The molecule has 1 aromatic carbocycles. The first-order chi connectivity index (χ1) is 11.5. The molecule has 0 saturated heterocycles. The molecule has 2 aromatic rings. The number of nitrogens with zero attached hydrogens (tertiary/aromatic N) is 3. The Morgan fingerprint density at radius 1 is 1.42 bits per heavy atom. The van der Waals surface area contributed by atoms with E-state index in [4.69, 9.17) is 0 Å². The van der Waals surface area contributed by atoms with Crippen molar-refractivity contribution in [2.24, 2.45) is 5.10 Å². The fourth-order valence-corrected chi connectivity index (χ4v) is 3.71. The van der Waals surface area contributed by atoms with Crippen LogP contribution in [-0.2, 0) is 17.1 Å². The standard InChI is InChI=1S/C17H21BrN4OS/c1-4-22-13(3)15(12(2)21-22)9-19-20-17(23)11-24-10-14-7-5-6-8-16(14)18/h5-9H,4,10-11H2,1-3H3,(H,20,23)/b19-9+. The summed E-state index contributed by atoms with van der Waals surface area (Å²) in [5, 5.41) is 8.48. The third-order valence-corrected chi connectivity index (χ3v) is 5.32. The molecule has 0 aliphatic carbocycles. The summed E-state index contributed by atoms with van der Waals surface area (Å²) in [5.41, 5.74) is 6.67. The Bertz CT molecular complexity index is 742. The molecule has 0 atom stereocenters. The van der Waals surface area contributed by atoms with Gasteiger partial charge in [0, 0.05) is 28.0 Å². The van der Waals surface area contributed by atoms with Crippen LogP contribution in [-0.4, -0.2) is 27.7 Å². The molecule has 0 spiro atoms. The van der Waals surface area contributed by atoms with Crippen molar-refractivity contribution in [1.82, 2.24) is 15.2 Å². The van der Waals surface area contributed by atoms with Crippen molar-refractivity contribution in [2.75, 3.05) is 5.75 Å². The van der Waals surface area contributed by atoms with E-state index >= 15 is 0 Å². The number of nitrogens with one attached hydrogen (secondary N) is 1. The van der Waals surface area contributed by atoms with Crippen LogP contribution in [0.15, 0.2) is 33.8 Å². The zero-order valence-electron chi connectivity index (χ0n) is 14.0. The van der Waals surface area contributed by atoms with Crippen molar-refractivity contribution in [3.63, 3.8) is 0 Å². The number of carbonyl (C=O) groups is 1. The van der Waals surface area contributed by atoms with Crippen molar-refractivity contribution >= 4 is 39.8 Å². The Balaban J connectivity index is 1.81. The quantitative estimate of drug-likeness (QED) is 0.561. The van der Waals surface area contributed by atoms with Crippen LogP contribution >= 0.6 is 27.7 Å². The molecular weight excluding hydrogens is 388 g/mol. The van der Waals surface area contributed by atoms with Crippen LogP contribution in [0.4, 0.5) is 0 Å². The summed E-state index contributed by atoms with van der Waals surface area (Å²) < 4.78 is 2.99. The smallest absolute Gasteiger partial charge is 0.250 e. The van der Waals surface area contributed by atoms with E-state index in [1.807, 2.05) is 49.7 Å². The van der Waals surface area contributed by atoms with E-state index in [1.165, 1.54) is 5.56 Å². The third-order valence-electron chi connectivity index (χ3n) is 3.57. The molecule has 5 nitrogen and oxygen atoms in total. The SMILES string of the molecule is CCn1nc(C)c(/C=N/NC(=O)CSCc2ccccc2Br)c1C. The fourth-order valence-electron chi connectivity index (χ4n) is 2.28. The molecule has 128 valence electrons. The van der Waals surface area contributed by atoms with Crippen LogP contribution in [0.2, 0.25) is 0 Å². The second kappa shape index (κ2) is 9.03. The van der Waals surface area contributed by atoms with Gasteiger partial charge in [0.05, 0.1) is 17.7 Å². The predicted octanol–water partition coefficient (Wildman–Crippen LogP) is 3.67. The molecule has 1 amide bonds. The van der Waals surface area contributed by atoms with Gasteiger partial charge in [0.1, 0.15) is 0 Å². The minimum absolute atomic E-state index is 0.110. The van der Waals surface area contributed by atoms with Gasteiger partial charge in [-0.3, -0.25) is 9.48 Å². The van der Waals surface area contributed by atoms with E-state index in [2.05, 4.69) is 31.6 Å². The molecule has 7 heteroatoms. The van der Waals surface area contributed by atoms with Crippen molar-refractivity contribution in [3.05, 3.63) is 51.3 Å². The zero-order chi connectivity index (χ0) is 17.5. The van der Waals surface area contributed by atoms with Crippen LogP contribution in [0.5, 0.6) is 0 Å². The molecular formula is C17H21BrN4OS. The lowest BCUT2D eigenvalue weighted by Crippen LogP contribution is -2.19. The number of thioether (sulfide) groups is 1. The largest absolute Gasteiger partial charge is 0.272 e. The molecule has 24 heavy (non-hydrogen) atoms. The summed E-state index contributed by atoms with van der Waals surface area (Å²) in [6, 6.07) is 8.02. The van der Waals surface area contributed by atoms with E-state index < -0.39 is 0 Å². The third kappa shape index (κ3) is 4.95. The molecule has 0 saturated carbocycles. The van der Waals surface area contributed by atoms with Gasteiger partial charge in [0.25, 0.3) is 0 Å². The highest BCUT2D eigenvalue weighted by atomic mass is 79.9. The fraction of sp³-hybridized carbons (Fsp3) is 0.353. The zero-order valence-corrected chi connectivity index (χ0v) is 16.4. The van der Waals surface area contributed by atoms with Crippen LogP contribution in [0.1, 0.15) is 29.4 Å². The average Bonchev–Trinajstić information content (AvgIpc) is 2.84. The average molecular weight is 409 g/mol. The lowest BCUT2D eigenvalue weighted by atomic mass is 10.2. The number of hydrazone groups is 1. The number of benzene rings is 1. The van der Waals surface area contributed by atoms with Gasteiger partial charge in [0.15, 0.2) is 0 Å². The number of carbonyl (C=O) groups excluding carboxylic acids is 1. The summed E-state index contributed by atoms with van der Waals surface area (Å²) in [5.74, 6) is 1.03. The summed E-state index contributed by atoms with van der Waals surface area (Å²) in [6.07, 6.45) is 1.67. The maximum atomic E-state index is 11.9. The van der Waals surface area contributed by atoms with Crippen LogP contribution < -0.4 is 5.43 Å². The number of halogens is 1. The first-order valence-electron chi connectivity index (χ1n) is 7.70. The van der Waals surface area contributed by atoms with Gasteiger partial charge in [-0.05, 0) is 32.4 Å². The number of amides is 1. The maximum absolute atomic E-state index is 11.9. The van der Waals surface area contributed by atoms with Crippen molar-refractivity contribution in [1.29, 1.82) is 0 Å². The summed E-state index contributed by atoms with van der Waals surface area (Å²) in [6.45, 7) is 6.80. The van der Waals surface area contributed by atoms with Gasteiger partial charge >= 0.3 is 0 Å². The van der Waals surface area contributed by atoms with E-state index in [-0.39, 0.29) is 5.91 Å². The monoisotopic (exact) mass is 408 g/mol. The second-order valence-corrected chi connectivity index (χ2v) is 7.12. The molecule has 1 heterocycles. The predicted molar refractivity (Wildman–Crippen MR) is 103 cm³/mol. The Hall–Kier alpha value is -1.60. The minimum Gasteiger partial charge on any atom is -0.272 e. The first kappa shape index (κ1) is 18.7. The molecule has 1 N–H and O–H groups in total. The Kier molecular flexibility index (Phi) is 7.05. The van der Waals surface area contributed by atoms with E-state index in [9.17, 15) is 4.79 Å². The molecule has 0 bridgehead atoms.